The predicted molar refractivity (Wildman–Crippen MR) is 70.4 cm³/mol. The van der Waals surface area contributed by atoms with Gasteiger partial charge in [-0.25, -0.2) is 0 Å². The fraction of sp³-hybridized carbons (Fsp3) is 0.769. The number of hydrogen-bond donors (Lipinski definition) is 1. The molecular weight excluding hydrogens is 214 g/mol. The van der Waals surface area contributed by atoms with Gasteiger partial charge >= 0.3 is 0 Å². The van der Waals surface area contributed by atoms with Crippen molar-refractivity contribution in [1.82, 2.24) is 15.1 Å². The zero-order valence-electron chi connectivity index (χ0n) is 11.4. The molecule has 0 aliphatic carbocycles. The second kappa shape index (κ2) is 7.33. The first-order chi connectivity index (χ1) is 8.15. The molecule has 1 aromatic heterocycles. The van der Waals surface area contributed by atoms with Crippen LogP contribution in [0.1, 0.15) is 40.5 Å². The predicted octanol–water partition coefficient (Wildman–Crippen LogP) is 2.45. The van der Waals surface area contributed by atoms with Crippen molar-refractivity contribution in [3.8, 4) is 5.75 Å². The van der Waals surface area contributed by atoms with Crippen LogP contribution in [0.2, 0.25) is 0 Å². The lowest BCUT2D eigenvalue weighted by Crippen LogP contribution is -2.35. The Morgan fingerprint density at radius 1 is 1.41 bits per heavy atom. The van der Waals surface area contributed by atoms with E-state index in [1.165, 1.54) is 0 Å². The number of aryl methyl sites for hydroxylation is 1. The summed E-state index contributed by atoms with van der Waals surface area (Å²) in [6.45, 7) is 10.3. The number of rotatable bonds is 8. The average Bonchev–Trinajstić information content (AvgIpc) is 2.74. The molecule has 0 saturated heterocycles. The van der Waals surface area contributed by atoms with Crippen LogP contribution in [0.5, 0.6) is 5.75 Å². The van der Waals surface area contributed by atoms with Crippen LogP contribution in [0.15, 0.2) is 12.4 Å². The van der Waals surface area contributed by atoms with Gasteiger partial charge in [0.15, 0.2) is 5.75 Å². The minimum absolute atomic E-state index is 0.233. The molecule has 0 aromatic carbocycles. The summed E-state index contributed by atoms with van der Waals surface area (Å²) >= 11 is 0. The van der Waals surface area contributed by atoms with Crippen LogP contribution in [0.3, 0.4) is 0 Å². The zero-order chi connectivity index (χ0) is 12.7. The highest BCUT2D eigenvalue weighted by Gasteiger charge is 2.11. The molecule has 0 radical (unpaired) electrons. The van der Waals surface area contributed by atoms with E-state index in [0.717, 1.165) is 31.7 Å². The van der Waals surface area contributed by atoms with Crippen LogP contribution in [-0.2, 0) is 6.54 Å². The molecule has 1 rings (SSSR count). The van der Waals surface area contributed by atoms with Gasteiger partial charge in [-0.3, -0.25) is 4.68 Å². The molecule has 17 heavy (non-hydrogen) atoms. The Labute approximate surface area is 104 Å². The Hall–Kier alpha value is -1.03. The van der Waals surface area contributed by atoms with Gasteiger partial charge in [-0.05, 0) is 13.3 Å². The van der Waals surface area contributed by atoms with Crippen molar-refractivity contribution in [2.24, 2.45) is 0 Å². The van der Waals surface area contributed by atoms with E-state index in [0.29, 0.717) is 6.04 Å². The van der Waals surface area contributed by atoms with Crippen molar-refractivity contribution in [2.45, 2.75) is 59.2 Å². The molecule has 0 amide bonds. The molecule has 1 aromatic rings. The molecule has 1 unspecified atom stereocenters. The molecule has 0 bridgehead atoms. The molecular formula is C13H25N3O. The van der Waals surface area contributed by atoms with Gasteiger partial charge in [-0.1, -0.05) is 27.2 Å². The van der Waals surface area contributed by atoms with Gasteiger partial charge in [-0.15, -0.1) is 0 Å². The maximum absolute atomic E-state index is 5.94. The molecule has 1 atom stereocenters. The minimum atomic E-state index is 0.233. The fourth-order valence-electron chi connectivity index (χ4n) is 1.66. The van der Waals surface area contributed by atoms with E-state index < -0.39 is 0 Å². The van der Waals surface area contributed by atoms with Crippen LogP contribution in [0, 0.1) is 0 Å². The van der Waals surface area contributed by atoms with Crippen molar-refractivity contribution in [3.63, 3.8) is 0 Å². The van der Waals surface area contributed by atoms with Crippen LogP contribution in [-0.4, -0.2) is 28.5 Å². The van der Waals surface area contributed by atoms with Gasteiger partial charge in [0.05, 0.1) is 12.4 Å². The Bertz CT molecular complexity index is 309. The Balaban J connectivity index is 2.47. The lowest BCUT2D eigenvalue weighted by atomic mass is 10.2. The van der Waals surface area contributed by atoms with Crippen LogP contribution in [0.25, 0.3) is 0 Å². The molecule has 1 heterocycles. The smallest absolute Gasteiger partial charge is 0.157 e. The Kier molecular flexibility index (Phi) is 6.05. The van der Waals surface area contributed by atoms with E-state index in [2.05, 4.69) is 38.1 Å². The average molecular weight is 239 g/mol. The summed E-state index contributed by atoms with van der Waals surface area (Å²) in [6, 6.07) is 0.497. The van der Waals surface area contributed by atoms with E-state index >= 15 is 0 Å². The molecule has 4 nitrogen and oxygen atoms in total. The first kappa shape index (κ1) is 14.0. The SMILES string of the molecule is CCCC(CNC(C)C)Oc1cnn(CC)c1. The van der Waals surface area contributed by atoms with Crippen molar-refractivity contribution < 1.29 is 4.74 Å². The summed E-state index contributed by atoms with van der Waals surface area (Å²) in [5.41, 5.74) is 0. The van der Waals surface area contributed by atoms with Crippen molar-refractivity contribution in [3.05, 3.63) is 12.4 Å². The van der Waals surface area contributed by atoms with Gasteiger partial charge in [0.1, 0.15) is 6.10 Å². The first-order valence-electron chi connectivity index (χ1n) is 6.58. The van der Waals surface area contributed by atoms with Crippen LogP contribution < -0.4 is 10.1 Å². The number of aromatic nitrogens is 2. The van der Waals surface area contributed by atoms with Crippen molar-refractivity contribution in [2.75, 3.05) is 6.54 Å². The van der Waals surface area contributed by atoms with Crippen LogP contribution >= 0.6 is 0 Å². The third kappa shape index (κ3) is 5.22. The highest BCUT2D eigenvalue weighted by atomic mass is 16.5. The Morgan fingerprint density at radius 3 is 2.71 bits per heavy atom. The minimum Gasteiger partial charge on any atom is -0.486 e. The molecule has 0 aliphatic heterocycles. The molecule has 1 N–H and O–H groups in total. The number of ether oxygens (including phenoxy) is 1. The fourth-order valence-corrected chi connectivity index (χ4v) is 1.66. The van der Waals surface area contributed by atoms with Gasteiger partial charge < -0.3 is 10.1 Å². The summed E-state index contributed by atoms with van der Waals surface area (Å²) in [6.07, 6.45) is 6.18. The van der Waals surface area contributed by atoms with E-state index in [4.69, 9.17) is 4.74 Å². The van der Waals surface area contributed by atoms with Crippen molar-refractivity contribution in [1.29, 1.82) is 0 Å². The largest absolute Gasteiger partial charge is 0.486 e. The van der Waals surface area contributed by atoms with Gasteiger partial charge in [0, 0.05) is 19.1 Å². The van der Waals surface area contributed by atoms with E-state index in [1.807, 2.05) is 10.9 Å². The lowest BCUT2D eigenvalue weighted by molar-refractivity contribution is 0.183. The van der Waals surface area contributed by atoms with Gasteiger partial charge in [0.2, 0.25) is 0 Å². The number of nitrogens with zero attached hydrogens (tertiary/aromatic N) is 2. The molecule has 98 valence electrons. The first-order valence-corrected chi connectivity index (χ1v) is 6.58. The maximum atomic E-state index is 5.94. The maximum Gasteiger partial charge on any atom is 0.157 e. The number of hydrogen-bond acceptors (Lipinski definition) is 3. The summed E-state index contributed by atoms with van der Waals surface area (Å²) in [7, 11) is 0. The topological polar surface area (TPSA) is 39.1 Å². The van der Waals surface area contributed by atoms with Gasteiger partial charge in [-0.2, -0.15) is 5.10 Å². The molecule has 0 fully saturated rings. The summed E-state index contributed by atoms with van der Waals surface area (Å²) in [4.78, 5) is 0. The molecule has 0 spiro atoms. The Morgan fingerprint density at radius 2 is 2.18 bits per heavy atom. The van der Waals surface area contributed by atoms with E-state index in [9.17, 15) is 0 Å². The monoisotopic (exact) mass is 239 g/mol. The highest BCUT2D eigenvalue weighted by Crippen LogP contribution is 2.13. The highest BCUT2D eigenvalue weighted by molar-refractivity contribution is 5.12. The quantitative estimate of drug-likeness (QED) is 0.757. The molecule has 4 heteroatoms. The summed E-state index contributed by atoms with van der Waals surface area (Å²) < 4.78 is 7.83. The van der Waals surface area contributed by atoms with E-state index in [1.54, 1.807) is 6.20 Å². The van der Waals surface area contributed by atoms with Crippen molar-refractivity contribution >= 4 is 0 Å². The molecule has 0 saturated carbocycles. The van der Waals surface area contributed by atoms with Gasteiger partial charge in [0.25, 0.3) is 0 Å². The summed E-state index contributed by atoms with van der Waals surface area (Å²) in [5, 5.41) is 7.63. The third-order valence-corrected chi connectivity index (χ3v) is 2.60. The standard InChI is InChI=1S/C13H25N3O/c1-5-7-12(8-14-11(3)4)17-13-9-15-16(6-2)10-13/h9-12,14H,5-8H2,1-4H3. The van der Waals surface area contributed by atoms with E-state index in [-0.39, 0.29) is 6.10 Å². The summed E-state index contributed by atoms with van der Waals surface area (Å²) in [5.74, 6) is 0.871. The second-order valence-electron chi connectivity index (χ2n) is 4.62. The second-order valence-corrected chi connectivity index (χ2v) is 4.62. The number of nitrogens with one attached hydrogen (secondary N) is 1. The molecule has 0 aliphatic rings. The van der Waals surface area contributed by atoms with Crippen LogP contribution in [0.4, 0.5) is 0 Å². The zero-order valence-corrected chi connectivity index (χ0v) is 11.4. The third-order valence-electron chi connectivity index (χ3n) is 2.60. The normalized spacial score (nSPS) is 13.0. The lowest BCUT2D eigenvalue weighted by Gasteiger charge is -2.19.